The zero-order valence-corrected chi connectivity index (χ0v) is 13.4. The van der Waals surface area contributed by atoms with Crippen LogP contribution < -0.4 is 10.6 Å². The van der Waals surface area contributed by atoms with E-state index in [0.29, 0.717) is 31.4 Å². The van der Waals surface area contributed by atoms with E-state index in [0.717, 1.165) is 25.1 Å². The van der Waals surface area contributed by atoms with Gasteiger partial charge in [0.1, 0.15) is 6.10 Å². The number of nitrogens with zero attached hydrogens (tertiary/aromatic N) is 1. The lowest BCUT2D eigenvalue weighted by Crippen LogP contribution is -2.47. The number of carbonyl (C=O) groups is 1. The van der Waals surface area contributed by atoms with Crippen LogP contribution in [-0.2, 0) is 16.1 Å². The fourth-order valence-corrected chi connectivity index (χ4v) is 2.33. The Kier molecular flexibility index (Phi) is 7.71. The van der Waals surface area contributed by atoms with Gasteiger partial charge in [-0.3, -0.25) is 4.79 Å². The van der Waals surface area contributed by atoms with Crippen molar-refractivity contribution in [1.29, 1.82) is 0 Å². The van der Waals surface area contributed by atoms with Crippen molar-refractivity contribution in [2.75, 3.05) is 19.7 Å². The molecule has 1 aromatic rings. The monoisotopic (exact) mass is 317 g/mol. The van der Waals surface area contributed by atoms with E-state index < -0.39 is 6.10 Å². The minimum Gasteiger partial charge on any atom is -0.366 e. The van der Waals surface area contributed by atoms with E-state index in [-0.39, 0.29) is 18.3 Å². The van der Waals surface area contributed by atoms with Gasteiger partial charge in [-0.25, -0.2) is 0 Å². The van der Waals surface area contributed by atoms with Crippen molar-refractivity contribution in [1.82, 2.24) is 15.8 Å². The number of amides is 1. The lowest BCUT2D eigenvalue weighted by molar-refractivity contribution is -0.134. The highest BCUT2D eigenvalue weighted by Gasteiger charge is 2.22. The van der Waals surface area contributed by atoms with Crippen LogP contribution in [0, 0.1) is 0 Å². The first-order valence-corrected chi connectivity index (χ1v) is 7.30. The van der Waals surface area contributed by atoms with Crippen molar-refractivity contribution in [3.63, 3.8) is 0 Å². The van der Waals surface area contributed by atoms with Gasteiger partial charge in [0.25, 0.3) is 5.91 Å². The molecule has 0 bridgehead atoms. The number of hydrogen-bond acceptors (Lipinski definition) is 5. The molecule has 0 aromatic carbocycles. The standard InChI is InChI=1S/C14H23N3O3.ClH/c1-3-10(4-2)12-7-11(20-17-12)8-16-14(18)13-9-15-5-6-19-13;/h7,10,13,15H,3-6,8-9H2,1-2H3,(H,16,18);1H. The molecule has 21 heavy (non-hydrogen) atoms. The first kappa shape index (κ1) is 17.9. The first-order chi connectivity index (χ1) is 9.74. The Bertz CT molecular complexity index is 429. The van der Waals surface area contributed by atoms with Crippen LogP contribution >= 0.6 is 12.4 Å². The molecule has 1 amide bonds. The summed E-state index contributed by atoms with van der Waals surface area (Å²) in [6, 6.07) is 1.93. The van der Waals surface area contributed by atoms with Crippen LogP contribution in [0.5, 0.6) is 0 Å². The molecule has 1 saturated heterocycles. The second-order valence-corrected chi connectivity index (χ2v) is 5.01. The Labute approximate surface area is 131 Å². The third-order valence-corrected chi connectivity index (χ3v) is 3.64. The van der Waals surface area contributed by atoms with Crippen molar-refractivity contribution >= 4 is 18.3 Å². The van der Waals surface area contributed by atoms with E-state index >= 15 is 0 Å². The van der Waals surface area contributed by atoms with Gasteiger partial charge in [-0.1, -0.05) is 19.0 Å². The number of ether oxygens (including phenoxy) is 1. The van der Waals surface area contributed by atoms with Crippen molar-refractivity contribution < 1.29 is 14.1 Å². The molecule has 1 fully saturated rings. The van der Waals surface area contributed by atoms with E-state index in [1.807, 2.05) is 6.07 Å². The number of carbonyl (C=O) groups excluding carboxylic acids is 1. The van der Waals surface area contributed by atoms with Crippen molar-refractivity contribution in [2.45, 2.75) is 45.3 Å². The van der Waals surface area contributed by atoms with Crippen LogP contribution in [0.25, 0.3) is 0 Å². The number of hydrogen-bond donors (Lipinski definition) is 2. The topological polar surface area (TPSA) is 76.4 Å². The fourth-order valence-electron chi connectivity index (χ4n) is 2.33. The average Bonchev–Trinajstić information content (AvgIpc) is 2.96. The zero-order valence-electron chi connectivity index (χ0n) is 12.6. The van der Waals surface area contributed by atoms with Crippen LogP contribution in [-0.4, -0.2) is 36.9 Å². The summed E-state index contributed by atoms with van der Waals surface area (Å²) in [5.41, 5.74) is 0.967. The van der Waals surface area contributed by atoms with Gasteiger partial charge in [-0.15, -0.1) is 12.4 Å². The van der Waals surface area contributed by atoms with E-state index in [4.69, 9.17) is 9.26 Å². The summed E-state index contributed by atoms with van der Waals surface area (Å²) in [7, 11) is 0. The summed E-state index contributed by atoms with van der Waals surface area (Å²) in [4.78, 5) is 11.9. The largest absolute Gasteiger partial charge is 0.366 e. The molecular weight excluding hydrogens is 294 g/mol. The van der Waals surface area contributed by atoms with Crippen LogP contribution in [0.3, 0.4) is 0 Å². The summed E-state index contributed by atoms with van der Waals surface area (Å²) >= 11 is 0. The fraction of sp³-hybridized carbons (Fsp3) is 0.714. The quantitative estimate of drug-likeness (QED) is 0.833. The molecule has 0 aliphatic carbocycles. The third kappa shape index (κ3) is 4.98. The smallest absolute Gasteiger partial charge is 0.250 e. The molecule has 0 spiro atoms. The predicted molar refractivity (Wildman–Crippen MR) is 81.5 cm³/mol. The summed E-state index contributed by atoms with van der Waals surface area (Å²) in [6.45, 7) is 6.55. The number of morpholine rings is 1. The van der Waals surface area contributed by atoms with Gasteiger partial charge >= 0.3 is 0 Å². The summed E-state index contributed by atoms with van der Waals surface area (Å²) in [6.07, 6.45) is 1.66. The Morgan fingerprint density at radius 2 is 2.29 bits per heavy atom. The van der Waals surface area contributed by atoms with Crippen LogP contribution in [0.1, 0.15) is 44.1 Å². The molecule has 1 aromatic heterocycles. The minimum atomic E-state index is -0.412. The molecular formula is C14H24ClN3O3. The highest BCUT2D eigenvalue weighted by atomic mass is 35.5. The molecule has 120 valence electrons. The SMILES string of the molecule is CCC(CC)c1cc(CNC(=O)C2CNCCO2)on1.Cl. The van der Waals surface area contributed by atoms with Crippen LogP contribution in [0.2, 0.25) is 0 Å². The van der Waals surface area contributed by atoms with Crippen molar-refractivity contribution in [2.24, 2.45) is 0 Å². The Balaban J connectivity index is 0.00000220. The maximum Gasteiger partial charge on any atom is 0.250 e. The lowest BCUT2D eigenvalue weighted by Gasteiger charge is -2.22. The van der Waals surface area contributed by atoms with E-state index in [2.05, 4.69) is 29.6 Å². The minimum absolute atomic E-state index is 0. The normalized spacial score (nSPS) is 18.3. The van der Waals surface area contributed by atoms with Gasteiger partial charge in [0, 0.05) is 25.1 Å². The molecule has 1 aliphatic rings. The van der Waals surface area contributed by atoms with Crippen molar-refractivity contribution in [3.8, 4) is 0 Å². The molecule has 0 saturated carbocycles. The predicted octanol–water partition coefficient (Wildman–Crippen LogP) is 1.60. The average molecular weight is 318 g/mol. The van der Waals surface area contributed by atoms with Crippen LogP contribution in [0.15, 0.2) is 10.6 Å². The maximum absolute atomic E-state index is 11.9. The highest BCUT2D eigenvalue weighted by molar-refractivity contribution is 5.85. The second-order valence-electron chi connectivity index (χ2n) is 5.01. The van der Waals surface area contributed by atoms with Gasteiger partial charge in [0.2, 0.25) is 0 Å². The molecule has 6 nitrogen and oxygen atoms in total. The zero-order chi connectivity index (χ0) is 14.4. The third-order valence-electron chi connectivity index (χ3n) is 3.64. The van der Waals surface area contributed by atoms with Gasteiger partial charge in [0.15, 0.2) is 5.76 Å². The lowest BCUT2D eigenvalue weighted by atomic mass is 9.99. The second kappa shape index (κ2) is 9.02. The van der Waals surface area contributed by atoms with E-state index in [9.17, 15) is 4.79 Å². The number of aromatic nitrogens is 1. The molecule has 7 heteroatoms. The van der Waals surface area contributed by atoms with Gasteiger partial charge in [-0.05, 0) is 12.8 Å². The number of nitrogens with one attached hydrogen (secondary N) is 2. The molecule has 2 rings (SSSR count). The van der Waals surface area contributed by atoms with Gasteiger partial charge in [-0.2, -0.15) is 0 Å². The first-order valence-electron chi connectivity index (χ1n) is 7.30. The molecule has 1 atom stereocenters. The summed E-state index contributed by atoms with van der Waals surface area (Å²) < 4.78 is 10.7. The molecule has 2 heterocycles. The van der Waals surface area contributed by atoms with Gasteiger partial charge in [0.05, 0.1) is 18.8 Å². The molecule has 1 unspecified atom stereocenters. The molecule has 2 N–H and O–H groups in total. The maximum atomic E-state index is 11.9. The Hall–Kier alpha value is -1.11. The van der Waals surface area contributed by atoms with Crippen LogP contribution in [0.4, 0.5) is 0 Å². The molecule has 1 aliphatic heterocycles. The summed E-state index contributed by atoms with van der Waals surface area (Å²) in [5.74, 6) is 0.996. The number of halogens is 1. The number of rotatable bonds is 6. The summed E-state index contributed by atoms with van der Waals surface area (Å²) in [5, 5.41) is 10.0. The molecule has 0 radical (unpaired) electrons. The van der Waals surface area contributed by atoms with E-state index in [1.54, 1.807) is 0 Å². The highest BCUT2D eigenvalue weighted by Crippen LogP contribution is 2.22. The Morgan fingerprint density at radius 1 is 1.52 bits per heavy atom. The van der Waals surface area contributed by atoms with Gasteiger partial charge < -0.3 is 19.9 Å². The van der Waals surface area contributed by atoms with Crippen molar-refractivity contribution in [3.05, 3.63) is 17.5 Å². The van der Waals surface area contributed by atoms with E-state index in [1.165, 1.54) is 0 Å². The Morgan fingerprint density at radius 3 is 2.90 bits per heavy atom.